The summed E-state index contributed by atoms with van der Waals surface area (Å²) in [6.45, 7) is 6.64. The lowest BCUT2D eigenvalue weighted by Crippen LogP contribution is -2.41. The molecule has 0 saturated heterocycles. The van der Waals surface area contributed by atoms with E-state index in [0.717, 1.165) is 17.5 Å². The second-order valence-corrected chi connectivity index (χ2v) is 7.54. The molecule has 0 bridgehead atoms. The van der Waals surface area contributed by atoms with Gasteiger partial charge in [-0.2, -0.15) is 5.48 Å². The molecule has 3 nitrogen and oxygen atoms in total. The fourth-order valence-corrected chi connectivity index (χ4v) is 5.23. The maximum Gasteiger partial charge on any atom is 0.121 e. The summed E-state index contributed by atoms with van der Waals surface area (Å²) in [7, 11) is 0. The molecule has 0 aromatic heterocycles. The van der Waals surface area contributed by atoms with Crippen LogP contribution < -0.4 is 5.48 Å². The minimum atomic E-state index is 0.193. The standard InChI is InChI=1S/C16H23NO2S/c1-4-19-17-12-9-16(6-5-7-16)20-13-8-10(2)15(18)11(3)14(12)13/h8,12,17-18H,4-7,9H2,1-3H3. The van der Waals surface area contributed by atoms with E-state index in [0.29, 0.717) is 17.1 Å². The van der Waals surface area contributed by atoms with Crippen LogP contribution in [0.2, 0.25) is 0 Å². The molecule has 1 aliphatic heterocycles. The van der Waals surface area contributed by atoms with Crippen LogP contribution in [0.5, 0.6) is 5.75 Å². The van der Waals surface area contributed by atoms with E-state index >= 15 is 0 Å². The second-order valence-electron chi connectivity index (χ2n) is 6.03. The number of fused-ring (bicyclic) bond motifs is 1. The molecule has 1 aromatic carbocycles. The van der Waals surface area contributed by atoms with Crippen molar-refractivity contribution in [2.45, 2.75) is 62.1 Å². The Hall–Kier alpha value is -0.710. The molecule has 1 fully saturated rings. The van der Waals surface area contributed by atoms with Crippen molar-refractivity contribution in [3.63, 3.8) is 0 Å². The maximum absolute atomic E-state index is 10.2. The van der Waals surface area contributed by atoms with Gasteiger partial charge in [0.15, 0.2) is 0 Å². The molecule has 1 heterocycles. The summed E-state index contributed by atoms with van der Waals surface area (Å²) in [5, 5.41) is 10.2. The number of benzene rings is 1. The van der Waals surface area contributed by atoms with Crippen molar-refractivity contribution in [1.29, 1.82) is 0 Å². The lowest BCUT2D eigenvalue weighted by molar-refractivity contribution is 0.0145. The van der Waals surface area contributed by atoms with Crippen LogP contribution in [0.15, 0.2) is 11.0 Å². The van der Waals surface area contributed by atoms with Gasteiger partial charge in [-0.05, 0) is 62.8 Å². The van der Waals surface area contributed by atoms with E-state index in [2.05, 4.69) is 11.5 Å². The maximum atomic E-state index is 10.2. The van der Waals surface area contributed by atoms with Gasteiger partial charge in [0, 0.05) is 9.64 Å². The van der Waals surface area contributed by atoms with E-state index in [1.165, 1.54) is 29.7 Å². The van der Waals surface area contributed by atoms with E-state index in [-0.39, 0.29) is 6.04 Å². The van der Waals surface area contributed by atoms with E-state index in [1.807, 2.05) is 32.5 Å². The molecule has 20 heavy (non-hydrogen) atoms. The largest absolute Gasteiger partial charge is 0.507 e. The molecule has 0 radical (unpaired) electrons. The highest BCUT2D eigenvalue weighted by molar-refractivity contribution is 8.00. The molecule has 2 N–H and O–H groups in total. The Labute approximate surface area is 125 Å². The third-order valence-electron chi connectivity index (χ3n) is 4.63. The SMILES string of the molecule is CCONC1CC2(CCC2)Sc2cc(C)c(O)c(C)c21. The number of thioether (sulfide) groups is 1. The summed E-state index contributed by atoms with van der Waals surface area (Å²) in [6.07, 6.45) is 5.01. The number of phenolic OH excluding ortho intramolecular Hbond substituents is 1. The van der Waals surface area contributed by atoms with Crippen LogP contribution in [-0.2, 0) is 4.84 Å². The first-order valence-electron chi connectivity index (χ1n) is 7.46. The van der Waals surface area contributed by atoms with E-state index in [9.17, 15) is 5.11 Å². The van der Waals surface area contributed by atoms with Crippen LogP contribution in [-0.4, -0.2) is 16.5 Å². The van der Waals surface area contributed by atoms with Crippen molar-refractivity contribution in [1.82, 2.24) is 5.48 Å². The quantitative estimate of drug-likeness (QED) is 0.826. The summed E-state index contributed by atoms with van der Waals surface area (Å²) in [5.41, 5.74) is 6.41. The van der Waals surface area contributed by atoms with Gasteiger partial charge in [-0.1, -0.05) is 6.42 Å². The molecule has 1 unspecified atom stereocenters. The van der Waals surface area contributed by atoms with Gasteiger partial charge < -0.3 is 9.94 Å². The van der Waals surface area contributed by atoms with E-state index in [1.54, 1.807) is 0 Å². The minimum absolute atomic E-state index is 0.193. The van der Waals surface area contributed by atoms with Gasteiger partial charge in [-0.25, -0.2) is 0 Å². The van der Waals surface area contributed by atoms with E-state index in [4.69, 9.17) is 4.84 Å². The average Bonchev–Trinajstić information content (AvgIpc) is 2.40. The van der Waals surface area contributed by atoms with Crippen LogP contribution in [0, 0.1) is 13.8 Å². The van der Waals surface area contributed by atoms with Crippen LogP contribution >= 0.6 is 11.8 Å². The number of aryl methyl sites for hydroxylation is 1. The molecule has 1 aliphatic carbocycles. The first-order valence-corrected chi connectivity index (χ1v) is 8.27. The lowest BCUT2D eigenvalue weighted by atomic mass is 9.77. The molecule has 4 heteroatoms. The van der Waals surface area contributed by atoms with Gasteiger partial charge in [0.25, 0.3) is 0 Å². The molecule has 1 saturated carbocycles. The smallest absolute Gasteiger partial charge is 0.121 e. The van der Waals surface area contributed by atoms with Gasteiger partial charge in [0.2, 0.25) is 0 Å². The molecule has 1 aromatic rings. The Morgan fingerprint density at radius 2 is 2.20 bits per heavy atom. The van der Waals surface area contributed by atoms with Crippen molar-refractivity contribution >= 4 is 11.8 Å². The second kappa shape index (κ2) is 5.24. The lowest BCUT2D eigenvalue weighted by Gasteiger charge is -2.47. The van der Waals surface area contributed by atoms with Gasteiger partial charge in [0.1, 0.15) is 5.75 Å². The molecule has 0 amide bonds. The summed E-state index contributed by atoms with van der Waals surface area (Å²) >= 11 is 2.01. The highest BCUT2D eigenvalue weighted by atomic mass is 32.2. The molecule has 3 rings (SSSR count). The van der Waals surface area contributed by atoms with Crippen LogP contribution in [0.4, 0.5) is 0 Å². The van der Waals surface area contributed by atoms with Crippen molar-refractivity contribution in [3.05, 3.63) is 22.8 Å². The number of phenols is 1. The first-order chi connectivity index (χ1) is 9.56. The highest BCUT2D eigenvalue weighted by Gasteiger charge is 2.45. The number of aromatic hydroxyl groups is 1. The Morgan fingerprint density at radius 3 is 2.80 bits per heavy atom. The molecule has 2 aliphatic rings. The van der Waals surface area contributed by atoms with Gasteiger partial charge >= 0.3 is 0 Å². The topological polar surface area (TPSA) is 41.5 Å². The monoisotopic (exact) mass is 293 g/mol. The number of hydrogen-bond acceptors (Lipinski definition) is 4. The van der Waals surface area contributed by atoms with Crippen molar-refractivity contribution in [2.75, 3.05) is 6.61 Å². The van der Waals surface area contributed by atoms with Gasteiger partial charge in [-0.15, -0.1) is 11.8 Å². The fraction of sp³-hybridized carbons (Fsp3) is 0.625. The first kappa shape index (κ1) is 14.2. The average molecular weight is 293 g/mol. The molecular weight excluding hydrogens is 270 g/mol. The Bertz CT molecular complexity index is 526. The third kappa shape index (κ3) is 2.24. The zero-order valence-corrected chi connectivity index (χ0v) is 13.3. The molecule has 1 spiro atoms. The molecule has 1 atom stereocenters. The van der Waals surface area contributed by atoms with Crippen LogP contribution in [0.25, 0.3) is 0 Å². The van der Waals surface area contributed by atoms with Crippen LogP contribution in [0.1, 0.15) is 55.3 Å². The van der Waals surface area contributed by atoms with Gasteiger partial charge in [-0.3, -0.25) is 0 Å². The molecular formula is C16H23NO2S. The van der Waals surface area contributed by atoms with Crippen molar-refractivity contribution in [3.8, 4) is 5.75 Å². The normalized spacial score (nSPS) is 23.4. The summed E-state index contributed by atoms with van der Waals surface area (Å²) in [4.78, 5) is 6.80. The van der Waals surface area contributed by atoms with Crippen molar-refractivity contribution in [2.24, 2.45) is 0 Å². The number of rotatable bonds is 3. The van der Waals surface area contributed by atoms with Crippen molar-refractivity contribution < 1.29 is 9.94 Å². The summed E-state index contributed by atoms with van der Waals surface area (Å²) < 4.78 is 0.387. The predicted molar refractivity (Wildman–Crippen MR) is 82.1 cm³/mol. The molecule has 110 valence electrons. The third-order valence-corrected chi connectivity index (χ3v) is 6.20. The van der Waals surface area contributed by atoms with E-state index < -0.39 is 0 Å². The Kier molecular flexibility index (Phi) is 3.73. The highest BCUT2D eigenvalue weighted by Crippen LogP contribution is 2.58. The van der Waals surface area contributed by atoms with Gasteiger partial charge in [0.05, 0.1) is 12.6 Å². The minimum Gasteiger partial charge on any atom is -0.507 e. The predicted octanol–water partition coefficient (Wildman–Crippen LogP) is 4.01. The zero-order valence-electron chi connectivity index (χ0n) is 12.5. The number of hydroxylamine groups is 1. The Balaban J connectivity index is 2.02. The number of nitrogens with one attached hydrogen (secondary N) is 1. The fourth-order valence-electron chi connectivity index (χ4n) is 3.38. The number of hydrogen-bond donors (Lipinski definition) is 2. The zero-order chi connectivity index (χ0) is 14.3. The summed E-state index contributed by atoms with van der Waals surface area (Å²) in [5.74, 6) is 0.428. The summed E-state index contributed by atoms with van der Waals surface area (Å²) in [6, 6.07) is 2.33. The van der Waals surface area contributed by atoms with Crippen LogP contribution in [0.3, 0.4) is 0 Å². The Morgan fingerprint density at radius 1 is 1.45 bits per heavy atom.